The lowest BCUT2D eigenvalue weighted by Gasteiger charge is -2.50. The standard InChI is InChI=1S/C46H79NO4Si2/c1-15-16-19-37-31-47-42(49-37)46(51-53(13,14)44(7,8)9)29-36(33(3)41(30-46)50-52(11,12)43(4,5)6)24-21-34-18-17-28-45(10)38(25-26-39(34)45)32(2)20-27-40(48)35-22-23-35/h21,24,31-32,35,38-41,48H,3,15-20,22-23,25-30H2,1-2,4-14H3/b34-21+,36-24-/t32-,38-,39+,40?,41+,45-,46-/m1/s1. The normalized spacial score (nSPS) is 31.7. The number of nitrogens with zero attached hydrogens (tertiary/aromatic N) is 1. The van der Waals surface area contributed by atoms with E-state index in [0.29, 0.717) is 41.9 Å². The van der Waals surface area contributed by atoms with Crippen molar-refractivity contribution in [3.05, 3.63) is 53.3 Å². The zero-order valence-corrected chi connectivity index (χ0v) is 38.4. The van der Waals surface area contributed by atoms with Crippen molar-refractivity contribution in [1.82, 2.24) is 4.98 Å². The van der Waals surface area contributed by atoms with Gasteiger partial charge in [-0.1, -0.05) is 93.0 Å². The van der Waals surface area contributed by atoms with E-state index in [2.05, 4.69) is 101 Å². The number of unbranched alkanes of at least 4 members (excludes halogenated alkanes) is 1. The van der Waals surface area contributed by atoms with Gasteiger partial charge in [-0.05, 0) is 141 Å². The van der Waals surface area contributed by atoms with E-state index in [9.17, 15) is 5.11 Å². The minimum atomic E-state index is -2.29. The van der Waals surface area contributed by atoms with E-state index in [-0.39, 0.29) is 22.3 Å². The first-order chi connectivity index (χ1) is 24.5. The van der Waals surface area contributed by atoms with E-state index in [1.54, 1.807) is 5.57 Å². The van der Waals surface area contributed by atoms with Gasteiger partial charge in [-0.25, -0.2) is 4.98 Å². The summed E-state index contributed by atoms with van der Waals surface area (Å²) in [6.45, 7) is 35.5. The van der Waals surface area contributed by atoms with Crippen molar-refractivity contribution < 1.29 is 18.4 Å². The lowest BCUT2D eigenvalue weighted by atomic mass is 9.60. The third-order valence-corrected chi connectivity index (χ3v) is 24.3. The number of hydrogen-bond donors (Lipinski definition) is 1. The zero-order chi connectivity index (χ0) is 39.2. The van der Waals surface area contributed by atoms with Crippen molar-refractivity contribution in [2.75, 3.05) is 0 Å². The fourth-order valence-electron chi connectivity index (χ4n) is 9.62. The molecule has 0 spiro atoms. The van der Waals surface area contributed by atoms with Gasteiger partial charge in [0.1, 0.15) is 11.4 Å². The van der Waals surface area contributed by atoms with Crippen molar-refractivity contribution in [2.45, 2.75) is 206 Å². The Labute approximate surface area is 327 Å². The second-order valence-corrected chi connectivity index (χ2v) is 30.8. The number of fused-ring (bicyclic) bond motifs is 1. The summed E-state index contributed by atoms with van der Waals surface area (Å²) in [4.78, 5) is 5.03. The summed E-state index contributed by atoms with van der Waals surface area (Å²) < 4.78 is 21.7. The van der Waals surface area contributed by atoms with E-state index in [4.69, 9.17) is 24.8 Å². The number of oxazole rings is 1. The minimum Gasteiger partial charge on any atom is -0.443 e. The smallest absolute Gasteiger partial charge is 0.225 e. The highest BCUT2D eigenvalue weighted by molar-refractivity contribution is 6.74. The third-order valence-electron chi connectivity index (χ3n) is 15.3. The van der Waals surface area contributed by atoms with Gasteiger partial charge in [0.05, 0.1) is 18.4 Å². The summed E-state index contributed by atoms with van der Waals surface area (Å²) in [5.74, 6) is 4.23. The first-order valence-electron chi connectivity index (χ1n) is 21.6. The fraction of sp³-hybridized carbons (Fsp3) is 0.804. The molecule has 5 nitrogen and oxygen atoms in total. The molecule has 1 heterocycles. The van der Waals surface area contributed by atoms with Crippen LogP contribution in [0.5, 0.6) is 0 Å². The average Bonchev–Trinajstić information content (AvgIpc) is 3.68. The van der Waals surface area contributed by atoms with E-state index in [1.165, 1.54) is 50.5 Å². The monoisotopic (exact) mass is 766 g/mol. The molecule has 1 aromatic rings. The zero-order valence-electron chi connectivity index (χ0n) is 36.4. The van der Waals surface area contributed by atoms with E-state index >= 15 is 0 Å². The highest BCUT2D eigenvalue weighted by Gasteiger charge is 2.54. The van der Waals surface area contributed by atoms with Crippen molar-refractivity contribution in [2.24, 2.45) is 29.1 Å². The molecule has 0 radical (unpaired) electrons. The molecule has 4 aliphatic rings. The largest absolute Gasteiger partial charge is 0.443 e. The Balaban J connectivity index is 1.52. The molecule has 300 valence electrons. The molecule has 7 heteroatoms. The van der Waals surface area contributed by atoms with Crippen LogP contribution >= 0.6 is 0 Å². The van der Waals surface area contributed by atoms with Crippen LogP contribution in [-0.4, -0.2) is 38.9 Å². The number of hydrogen-bond acceptors (Lipinski definition) is 5. The summed E-state index contributed by atoms with van der Waals surface area (Å²) in [5, 5.41) is 10.7. The van der Waals surface area contributed by atoms with Crippen LogP contribution in [0.2, 0.25) is 36.3 Å². The quantitative estimate of drug-likeness (QED) is 0.191. The number of aromatic nitrogens is 1. The van der Waals surface area contributed by atoms with Crippen molar-refractivity contribution in [1.29, 1.82) is 0 Å². The van der Waals surface area contributed by atoms with Crippen molar-refractivity contribution in [3.8, 4) is 0 Å². The predicted molar refractivity (Wildman–Crippen MR) is 227 cm³/mol. The summed E-state index contributed by atoms with van der Waals surface area (Å²) in [5.41, 5.74) is 3.54. The summed E-state index contributed by atoms with van der Waals surface area (Å²) in [7, 11) is -4.46. The Hall–Kier alpha value is -1.26. The van der Waals surface area contributed by atoms with Gasteiger partial charge >= 0.3 is 0 Å². The minimum absolute atomic E-state index is 0.0203. The Bertz CT molecular complexity index is 1490. The van der Waals surface area contributed by atoms with Gasteiger partial charge < -0.3 is 18.4 Å². The molecule has 7 atom stereocenters. The molecule has 1 N–H and O–H groups in total. The Morgan fingerprint density at radius 3 is 2.32 bits per heavy atom. The van der Waals surface area contributed by atoms with Gasteiger partial charge in [0, 0.05) is 19.3 Å². The maximum absolute atomic E-state index is 10.7. The Morgan fingerprint density at radius 2 is 1.70 bits per heavy atom. The maximum Gasteiger partial charge on any atom is 0.225 e. The van der Waals surface area contributed by atoms with Gasteiger partial charge in [-0.2, -0.15) is 0 Å². The molecular formula is C46H79NO4Si2. The van der Waals surface area contributed by atoms with Crippen LogP contribution in [0.4, 0.5) is 0 Å². The summed E-state index contributed by atoms with van der Waals surface area (Å²) in [6, 6.07) is 0. The Morgan fingerprint density at radius 1 is 1.02 bits per heavy atom. The predicted octanol–water partition coefficient (Wildman–Crippen LogP) is 13.2. The van der Waals surface area contributed by atoms with Crippen molar-refractivity contribution >= 4 is 16.6 Å². The van der Waals surface area contributed by atoms with E-state index < -0.39 is 22.2 Å². The molecule has 0 aromatic carbocycles. The highest BCUT2D eigenvalue weighted by Crippen LogP contribution is 2.60. The molecule has 1 unspecified atom stereocenters. The number of rotatable bonds is 14. The second kappa shape index (κ2) is 15.9. The SMILES string of the molecule is C=C1/C(=C\C=C2/CCC[C@]3(C)[C@@H]([C@H](C)CCC(O)C4CC4)CC[C@@H]23)C[C@](O[Si](C)(C)C(C)(C)C)(c2ncc(CCCC)o2)C[C@@H]1O[Si](C)(C)C(C)(C)C. The molecule has 0 amide bonds. The second-order valence-electron chi connectivity index (χ2n) is 21.4. The number of allylic oxidation sites excluding steroid dienone is 3. The van der Waals surface area contributed by atoms with Gasteiger partial charge in [0.15, 0.2) is 16.6 Å². The molecule has 53 heavy (non-hydrogen) atoms. The molecule has 4 fully saturated rings. The van der Waals surface area contributed by atoms with Crippen LogP contribution in [0.25, 0.3) is 0 Å². The molecule has 1 aromatic heterocycles. The lowest BCUT2D eigenvalue weighted by molar-refractivity contribution is -0.0234. The van der Waals surface area contributed by atoms with Crippen LogP contribution in [0.3, 0.4) is 0 Å². The van der Waals surface area contributed by atoms with Crippen LogP contribution in [0.15, 0.2) is 46.1 Å². The highest BCUT2D eigenvalue weighted by atomic mass is 28.4. The van der Waals surface area contributed by atoms with E-state index in [1.807, 2.05) is 6.20 Å². The molecule has 5 rings (SSSR count). The van der Waals surface area contributed by atoms with Crippen LogP contribution in [-0.2, 0) is 20.9 Å². The first kappa shape index (κ1) is 42.9. The molecule has 4 saturated carbocycles. The van der Waals surface area contributed by atoms with Gasteiger partial charge in [0.25, 0.3) is 0 Å². The number of aliphatic hydroxyl groups excluding tert-OH is 1. The molecule has 4 aliphatic carbocycles. The van der Waals surface area contributed by atoms with Crippen LogP contribution < -0.4 is 0 Å². The van der Waals surface area contributed by atoms with Gasteiger partial charge in [-0.3, -0.25) is 0 Å². The van der Waals surface area contributed by atoms with Gasteiger partial charge in [0.2, 0.25) is 5.89 Å². The molecule has 0 bridgehead atoms. The fourth-order valence-corrected chi connectivity index (χ4v) is 12.4. The number of aryl methyl sites for hydroxylation is 1. The Kier molecular flexibility index (Phi) is 12.9. The molecular weight excluding hydrogens is 687 g/mol. The van der Waals surface area contributed by atoms with Crippen LogP contribution in [0.1, 0.15) is 157 Å². The maximum atomic E-state index is 10.7. The lowest BCUT2D eigenvalue weighted by Crippen LogP contribution is -2.53. The van der Waals surface area contributed by atoms with E-state index in [0.717, 1.165) is 49.4 Å². The van der Waals surface area contributed by atoms with Crippen LogP contribution in [0, 0.1) is 29.1 Å². The topological polar surface area (TPSA) is 64.7 Å². The first-order valence-corrected chi connectivity index (χ1v) is 27.5. The summed E-state index contributed by atoms with van der Waals surface area (Å²) in [6.07, 6.45) is 22.0. The average molecular weight is 766 g/mol. The van der Waals surface area contributed by atoms with Crippen molar-refractivity contribution in [3.63, 3.8) is 0 Å². The summed E-state index contributed by atoms with van der Waals surface area (Å²) >= 11 is 0. The number of aliphatic hydroxyl groups is 1. The molecule has 0 saturated heterocycles. The third kappa shape index (κ3) is 9.32. The van der Waals surface area contributed by atoms with Gasteiger partial charge in [-0.15, -0.1) is 0 Å². The molecule has 0 aliphatic heterocycles.